The molecule has 0 saturated carbocycles. The molecule has 0 aliphatic carbocycles. The van der Waals surface area contributed by atoms with Gasteiger partial charge in [0, 0.05) is 6.04 Å². The summed E-state index contributed by atoms with van der Waals surface area (Å²) in [6.07, 6.45) is 7.38. The standard InChI is InChI=1S/C13H19N3O/c1-4-15-12(7-9(2)3)13(17)11-6-5-10(8-14)16-11/h1,9-12,15-16H,5-7H2,2-3H3/t10-,11+,12?/m0/s1. The van der Waals surface area contributed by atoms with Gasteiger partial charge in [-0.2, -0.15) is 5.26 Å². The number of ketones is 1. The first-order valence-electron chi connectivity index (χ1n) is 5.99. The first-order chi connectivity index (χ1) is 8.08. The molecule has 0 amide bonds. The average Bonchev–Trinajstić information content (AvgIpc) is 2.75. The number of carbonyl (C=O) groups excluding carboxylic acids is 1. The lowest BCUT2D eigenvalue weighted by atomic mass is 9.95. The average molecular weight is 233 g/mol. The van der Waals surface area contributed by atoms with Crippen molar-refractivity contribution in [2.75, 3.05) is 0 Å². The van der Waals surface area contributed by atoms with Gasteiger partial charge in [0.25, 0.3) is 0 Å². The molecule has 17 heavy (non-hydrogen) atoms. The Morgan fingerprint density at radius 1 is 1.59 bits per heavy atom. The minimum Gasteiger partial charge on any atom is -0.336 e. The van der Waals surface area contributed by atoms with Gasteiger partial charge in [0.15, 0.2) is 5.78 Å². The van der Waals surface area contributed by atoms with E-state index in [0.29, 0.717) is 5.92 Å². The summed E-state index contributed by atoms with van der Waals surface area (Å²) in [7, 11) is 0. The van der Waals surface area contributed by atoms with Gasteiger partial charge in [-0.15, -0.1) is 0 Å². The maximum Gasteiger partial charge on any atom is 0.172 e. The Labute approximate surface area is 103 Å². The summed E-state index contributed by atoms with van der Waals surface area (Å²) in [5.41, 5.74) is 0. The fourth-order valence-electron chi connectivity index (χ4n) is 2.13. The third-order valence-corrected chi connectivity index (χ3v) is 2.95. The third kappa shape index (κ3) is 3.76. The predicted octanol–water partition coefficient (Wildman–Crippen LogP) is 0.795. The van der Waals surface area contributed by atoms with E-state index in [1.54, 1.807) is 0 Å². The Morgan fingerprint density at radius 3 is 2.76 bits per heavy atom. The van der Waals surface area contributed by atoms with Crippen LogP contribution in [0.15, 0.2) is 0 Å². The first kappa shape index (κ1) is 13.5. The summed E-state index contributed by atoms with van der Waals surface area (Å²) < 4.78 is 0. The molecule has 4 heteroatoms. The minimum absolute atomic E-state index is 0.0781. The number of nitrogens with one attached hydrogen (secondary N) is 2. The Balaban J connectivity index is 2.60. The molecule has 1 aliphatic rings. The fourth-order valence-corrected chi connectivity index (χ4v) is 2.13. The third-order valence-electron chi connectivity index (χ3n) is 2.95. The van der Waals surface area contributed by atoms with Gasteiger partial charge in [-0.25, -0.2) is 0 Å². The van der Waals surface area contributed by atoms with E-state index in [1.165, 1.54) is 0 Å². The van der Waals surface area contributed by atoms with Crippen molar-refractivity contribution in [2.45, 2.75) is 51.2 Å². The molecule has 0 aromatic heterocycles. The van der Waals surface area contributed by atoms with Gasteiger partial charge in [0.2, 0.25) is 0 Å². The summed E-state index contributed by atoms with van der Waals surface area (Å²) in [6.45, 7) is 4.11. The summed E-state index contributed by atoms with van der Waals surface area (Å²) >= 11 is 0. The quantitative estimate of drug-likeness (QED) is 0.544. The van der Waals surface area contributed by atoms with Crippen molar-refractivity contribution in [3.05, 3.63) is 0 Å². The van der Waals surface area contributed by atoms with E-state index in [1.807, 2.05) is 0 Å². The van der Waals surface area contributed by atoms with Crippen LogP contribution < -0.4 is 10.6 Å². The molecule has 1 saturated heterocycles. The minimum atomic E-state index is -0.310. The van der Waals surface area contributed by atoms with Gasteiger partial charge in [-0.3, -0.25) is 10.1 Å². The number of hydrogen-bond donors (Lipinski definition) is 2. The van der Waals surface area contributed by atoms with Gasteiger partial charge in [-0.05, 0) is 25.2 Å². The summed E-state index contributed by atoms with van der Waals surface area (Å²) in [4.78, 5) is 12.2. The summed E-state index contributed by atoms with van der Waals surface area (Å²) in [5.74, 6) is 0.479. The lowest BCUT2D eigenvalue weighted by Crippen LogP contribution is -2.46. The molecule has 3 atom stereocenters. The highest BCUT2D eigenvalue weighted by molar-refractivity contribution is 5.89. The van der Waals surface area contributed by atoms with Crippen molar-refractivity contribution in [1.82, 2.24) is 10.6 Å². The number of rotatable bonds is 5. The largest absolute Gasteiger partial charge is 0.336 e. The predicted molar refractivity (Wildman–Crippen MR) is 65.8 cm³/mol. The van der Waals surface area contributed by atoms with Crippen LogP contribution in [0.4, 0.5) is 0 Å². The highest BCUT2D eigenvalue weighted by Gasteiger charge is 2.33. The van der Waals surface area contributed by atoms with Gasteiger partial charge < -0.3 is 5.32 Å². The molecule has 0 spiro atoms. The van der Waals surface area contributed by atoms with Gasteiger partial charge in [0.05, 0.1) is 24.2 Å². The van der Waals surface area contributed by atoms with Crippen LogP contribution >= 0.6 is 0 Å². The smallest absolute Gasteiger partial charge is 0.172 e. The SMILES string of the molecule is C#CNC(CC(C)C)C(=O)[C@H]1CC[C@@H](C#N)N1. The first-order valence-corrected chi connectivity index (χ1v) is 5.99. The zero-order valence-corrected chi connectivity index (χ0v) is 10.4. The van der Waals surface area contributed by atoms with E-state index in [-0.39, 0.29) is 23.9 Å². The van der Waals surface area contributed by atoms with E-state index in [2.05, 4.69) is 36.6 Å². The van der Waals surface area contributed by atoms with E-state index >= 15 is 0 Å². The molecule has 1 heterocycles. The molecule has 4 nitrogen and oxygen atoms in total. The molecule has 0 aromatic carbocycles. The molecule has 1 aliphatic heterocycles. The Bertz CT molecular complexity index is 351. The highest BCUT2D eigenvalue weighted by atomic mass is 16.1. The monoisotopic (exact) mass is 233 g/mol. The van der Waals surface area contributed by atoms with Crippen LogP contribution in [0.25, 0.3) is 0 Å². The van der Waals surface area contributed by atoms with Crippen LogP contribution in [-0.4, -0.2) is 23.9 Å². The van der Waals surface area contributed by atoms with Gasteiger partial charge in [0.1, 0.15) is 0 Å². The van der Waals surface area contributed by atoms with Crippen LogP contribution in [0.5, 0.6) is 0 Å². The molecular formula is C13H19N3O. The maximum atomic E-state index is 12.2. The summed E-state index contributed by atoms with van der Waals surface area (Å²) in [6, 6.07) is 3.73. The number of terminal acetylenes is 1. The van der Waals surface area contributed by atoms with Crippen LogP contribution in [0, 0.1) is 29.7 Å². The molecule has 2 N–H and O–H groups in total. The maximum absolute atomic E-state index is 12.2. The lowest BCUT2D eigenvalue weighted by Gasteiger charge is -2.20. The number of Topliss-reactive ketones (excluding diaryl/α,β-unsaturated/α-hetero) is 1. The summed E-state index contributed by atoms with van der Waals surface area (Å²) in [5, 5.41) is 14.6. The van der Waals surface area contributed by atoms with Crippen LogP contribution in [-0.2, 0) is 4.79 Å². The zero-order valence-electron chi connectivity index (χ0n) is 10.4. The number of carbonyl (C=O) groups is 1. The number of hydrogen-bond acceptors (Lipinski definition) is 4. The van der Waals surface area contributed by atoms with Crippen molar-refractivity contribution < 1.29 is 4.79 Å². The molecule has 0 bridgehead atoms. The van der Waals surface area contributed by atoms with Crippen molar-refractivity contribution in [1.29, 1.82) is 5.26 Å². The van der Waals surface area contributed by atoms with E-state index in [9.17, 15) is 4.79 Å². The normalized spacial score (nSPS) is 25.0. The van der Waals surface area contributed by atoms with Crippen LogP contribution in [0.3, 0.4) is 0 Å². The van der Waals surface area contributed by atoms with E-state index < -0.39 is 0 Å². The van der Waals surface area contributed by atoms with E-state index in [4.69, 9.17) is 11.7 Å². The number of nitriles is 1. The molecule has 0 aromatic rings. The second kappa shape index (κ2) is 6.27. The van der Waals surface area contributed by atoms with Crippen molar-refractivity contribution in [3.8, 4) is 18.5 Å². The molecule has 1 fully saturated rings. The number of nitrogens with zero attached hydrogens (tertiary/aromatic N) is 1. The van der Waals surface area contributed by atoms with Crippen molar-refractivity contribution >= 4 is 5.78 Å². The Kier molecular flexibility index (Phi) is 5.00. The van der Waals surface area contributed by atoms with E-state index in [0.717, 1.165) is 19.3 Å². The molecule has 92 valence electrons. The van der Waals surface area contributed by atoms with Gasteiger partial charge >= 0.3 is 0 Å². The van der Waals surface area contributed by atoms with Crippen molar-refractivity contribution in [2.24, 2.45) is 5.92 Å². The van der Waals surface area contributed by atoms with Crippen LogP contribution in [0.2, 0.25) is 0 Å². The fraction of sp³-hybridized carbons (Fsp3) is 0.692. The van der Waals surface area contributed by atoms with Crippen LogP contribution in [0.1, 0.15) is 33.1 Å². The molecule has 1 rings (SSSR count). The Hall–Kier alpha value is -1.52. The topological polar surface area (TPSA) is 64.9 Å². The van der Waals surface area contributed by atoms with Crippen molar-refractivity contribution in [3.63, 3.8) is 0 Å². The lowest BCUT2D eigenvalue weighted by molar-refractivity contribution is -0.122. The Morgan fingerprint density at radius 2 is 2.29 bits per heavy atom. The highest BCUT2D eigenvalue weighted by Crippen LogP contribution is 2.16. The van der Waals surface area contributed by atoms with Gasteiger partial charge in [-0.1, -0.05) is 20.3 Å². The zero-order chi connectivity index (χ0) is 12.8. The second-order valence-corrected chi connectivity index (χ2v) is 4.85. The second-order valence-electron chi connectivity index (χ2n) is 4.85. The molecule has 0 radical (unpaired) electrons. The molecular weight excluding hydrogens is 214 g/mol. The molecule has 1 unspecified atom stereocenters.